The number of para-hydroxylation sites is 1. The zero-order valence-corrected chi connectivity index (χ0v) is 15.4. The van der Waals surface area contributed by atoms with Crippen LogP contribution in [0.2, 0.25) is 0 Å². The van der Waals surface area contributed by atoms with E-state index in [1.54, 1.807) is 0 Å². The van der Waals surface area contributed by atoms with Crippen molar-refractivity contribution in [1.29, 1.82) is 5.26 Å². The van der Waals surface area contributed by atoms with E-state index in [0.29, 0.717) is 12.2 Å². The van der Waals surface area contributed by atoms with E-state index in [9.17, 15) is 20.0 Å². The minimum atomic E-state index is -0.587. The van der Waals surface area contributed by atoms with E-state index < -0.39 is 17.2 Å². The maximum atomic E-state index is 12.7. The molecule has 1 heterocycles. The number of aromatic nitrogens is 1. The molecule has 0 amide bonds. The molecule has 0 aliphatic carbocycles. The topological polar surface area (TPSA) is 92.3 Å². The van der Waals surface area contributed by atoms with Gasteiger partial charge < -0.3 is 9.84 Å². The van der Waals surface area contributed by atoms with Crippen molar-refractivity contribution in [3.8, 4) is 17.7 Å². The molecule has 0 aliphatic rings. The van der Waals surface area contributed by atoms with Gasteiger partial charge in [0.1, 0.15) is 17.4 Å². The van der Waals surface area contributed by atoms with Gasteiger partial charge in [0.2, 0.25) is 11.7 Å². The molecule has 1 aromatic carbocycles. The van der Waals surface area contributed by atoms with Gasteiger partial charge in [-0.2, -0.15) is 5.26 Å². The molecule has 136 valence electrons. The molecule has 0 bridgehead atoms. The molecule has 0 aliphatic heterocycles. The zero-order chi connectivity index (χ0) is 19.4. The monoisotopic (exact) mass is 354 g/mol. The van der Waals surface area contributed by atoms with Crippen molar-refractivity contribution in [3.05, 3.63) is 56.4 Å². The first kappa shape index (κ1) is 19.3. The van der Waals surface area contributed by atoms with Crippen LogP contribution in [0.5, 0.6) is 11.6 Å². The number of aryl methyl sites for hydroxylation is 2. The Labute approximate surface area is 152 Å². The van der Waals surface area contributed by atoms with Gasteiger partial charge in [-0.15, -0.1) is 0 Å². The fraction of sp³-hybridized carbons (Fsp3) is 0.350. The number of ether oxygens (including phenoxy) is 1. The Hall–Kier alpha value is -3.07. The molecule has 0 saturated heterocycles. The zero-order valence-electron chi connectivity index (χ0n) is 15.4. The summed E-state index contributed by atoms with van der Waals surface area (Å²) in [7, 11) is 0. The number of aromatic hydroxyl groups is 1. The normalized spacial score (nSPS) is 10.4. The molecule has 26 heavy (non-hydrogen) atoms. The Kier molecular flexibility index (Phi) is 5.83. The van der Waals surface area contributed by atoms with Crippen LogP contribution in [-0.4, -0.2) is 22.1 Å². The van der Waals surface area contributed by atoms with Gasteiger partial charge in [-0.1, -0.05) is 25.1 Å². The number of ketones is 1. The van der Waals surface area contributed by atoms with Crippen molar-refractivity contribution < 1.29 is 14.6 Å². The molecule has 0 saturated carbocycles. The summed E-state index contributed by atoms with van der Waals surface area (Å²) in [5.74, 6) is -0.284. The minimum Gasteiger partial charge on any atom is -0.494 e. The van der Waals surface area contributed by atoms with Crippen LogP contribution in [0, 0.1) is 32.1 Å². The van der Waals surface area contributed by atoms with Gasteiger partial charge in [0.05, 0.1) is 5.56 Å². The number of rotatable bonds is 6. The van der Waals surface area contributed by atoms with Crippen LogP contribution < -0.4 is 10.3 Å². The molecule has 1 N–H and O–H groups in total. The Morgan fingerprint density at radius 3 is 2.42 bits per heavy atom. The summed E-state index contributed by atoms with van der Waals surface area (Å²) in [6, 6.07) is 7.50. The van der Waals surface area contributed by atoms with E-state index in [-0.39, 0.29) is 29.8 Å². The molecule has 6 nitrogen and oxygen atoms in total. The quantitative estimate of drug-likeness (QED) is 0.805. The van der Waals surface area contributed by atoms with Gasteiger partial charge >= 0.3 is 0 Å². The predicted octanol–water partition coefficient (Wildman–Crippen LogP) is 3.02. The molecule has 0 unspecified atom stereocenters. The van der Waals surface area contributed by atoms with Crippen LogP contribution in [0.3, 0.4) is 0 Å². The van der Waals surface area contributed by atoms with Crippen molar-refractivity contribution in [3.63, 3.8) is 0 Å². The Morgan fingerprint density at radius 1 is 1.27 bits per heavy atom. The van der Waals surface area contributed by atoms with E-state index in [2.05, 4.69) is 0 Å². The van der Waals surface area contributed by atoms with Gasteiger partial charge in [0.15, 0.2) is 6.61 Å². The van der Waals surface area contributed by atoms with Gasteiger partial charge in [0, 0.05) is 6.54 Å². The molecule has 6 heteroatoms. The van der Waals surface area contributed by atoms with Crippen LogP contribution in [-0.2, 0) is 6.54 Å². The molecule has 2 aromatic rings. The van der Waals surface area contributed by atoms with Crippen molar-refractivity contribution >= 4 is 5.78 Å². The lowest BCUT2D eigenvalue weighted by Gasteiger charge is -2.16. The van der Waals surface area contributed by atoms with Crippen LogP contribution in [0.15, 0.2) is 23.0 Å². The third kappa shape index (κ3) is 3.47. The molecular weight excluding hydrogens is 332 g/mol. The second kappa shape index (κ2) is 7.87. The molecule has 2 rings (SSSR count). The first-order chi connectivity index (χ1) is 12.3. The highest BCUT2D eigenvalue weighted by atomic mass is 16.5. The number of Topliss-reactive ketones (excluding diaryl/α,β-unsaturated/α-hetero) is 1. The molecule has 0 radical (unpaired) electrons. The van der Waals surface area contributed by atoms with Crippen LogP contribution in [0.1, 0.15) is 46.0 Å². The fourth-order valence-electron chi connectivity index (χ4n) is 2.95. The number of carbonyl (C=O) groups is 1. The van der Waals surface area contributed by atoms with Gasteiger partial charge in [0.25, 0.3) is 5.56 Å². The predicted molar refractivity (Wildman–Crippen MR) is 97.9 cm³/mol. The first-order valence-corrected chi connectivity index (χ1v) is 8.42. The standard InChI is InChI=1S/C20H22N2O4/c1-5-9-22-19(24)15(10-21)14(4)17(20(22)25)16(23)11-26-18-12(2)7-6-8-13(18)3/h6-8,25H,5,9,11H2,1-4H3. The lowest BCUT2D eigenvalue weighted by Crippen LogP contribution is -2.27. The van der Waals surface area contributed by atoms with Gasteiger partial charge in [-0.05, 0) is 43.9 Å². The summed E-state index contributed by atoms with van der Waals surface area (Å²) >= 11 is 0. The maximum Gasteiger partial charge on any atom is 0.271 e. The SMILES string of the molecule is CCCn1c(O)c(C(=O)COc2c(C)cccc2C)c(C)c(C#N)c1=O. The second-order valence-electron chi connectivity index (χ2n) is 6.20. The number of pyridine rings is 1. The number of hydrogen-bond donors (Lipinski definition) is 1. The molecule has 1 aromatic heterocycles. The van der Waals surface area contributed by atoms with Crippen LogP contribution in [0.25, 0.3) is 0 Å². The summed E-state index contributed by atoms with van der Waals surface area (Å²) in [4.78, 5) is 25.0. The second-order valence-corrected chi connectivity index (χ2v) is 6.20. The molecule has 0 atom stereocenters. The Bertz CT molecular complexity index is 931. The summed E-state index contributed by atoms with van der Waals surface area (Å²) in [6.07, 6.45) is 0.577. The van der Waals surface area contributed by atoms with Crippen molar-refractivity contribution in [1.82, 2.24) is 4.57 Å². The number of benzene rings is 1. The smallest absolute Gasteiger partial charge is 0.271 e. The van der Waals surface area contributed by atoms with Gasteiger partial charge in [-0.25, -0.2) is 0 Å². The van der Waals surface area contributed by atoms with E-state index in [1.165, 1.54) is 6.92 Å². The summed E-state index contributed by atoms with van der Waals surface area (Å²) in [6.45, 7) is 7.01. The lowest BCUT2D eigenvalue weighted by molar-refractivity contribution is 0.0915. The highest BCUT2D eigenvalue weighted by Gasteiger charge is 2.24. The van der Waals surface area contributed by atoms with Crippen molar-refractivity contribution in [2.24, 2.45) is 0 Å². The highest BCUT2D eigenvalue weighted by Crippen LogP contribution is 2.25. The third-order valence-electron chi connectivity index (χ3n) is 4.28. The van der Waals surface area contributed by atoms with E-state index >= 15 is 0 Å². The minimum absolute atomic E-state index is 0.0409. The number of carbonyl (C=O) groups excluding carboxylic acids is 1. The summed E-state index contributed by atoms with van der Waals surface area (Å²) < 4.78 is 6.73. The van der Waals surface area contributed by atoms with Crippen LogP contribution in [0.4, 0.5) is 0 Å². The van der Waals surface area contributed by atoms with Gasteiger partial charge in [-0.3, -0.25) is 14.2 Å². The first-order valence-electron chi connectivity index (χ1n) is 8.42. The average Bonchev–Trinajstić information content (AvgIpc) is 2.58. The fourth-order valence-corrected chi connectivity index (χ4v) is 2.95. The molecule has 0 spiro atoms. The Morgan fingerprint density at radius 2 is 1.88 bits per heavy atom. The van der Waals surface area contributed by atoms with E-state index in [0.717, 1.165) is 15.7 Å². The number of nitriles is 1. The van der Waals surface area contributed by atoms with Crippen molar-refractivity contribution in [2.45, 2.75) is 40.7 Å². The van der Waals surface area contributed by atoms with E-state index in [1.807, 2.05) is 45.0 Å². The summed E-state index contributed by atoms with van der Waals surface area (Å²) in [5.41, 5.74) is 1.21. The molecule has 0 fully saturated rings. The summed E-state index contributed by atoms with van der Waals surface area (Å²) in [5, 5.41) is 19.7. The average molecular weight is 354 g/mol. The number of hydrogen-bond acceptors (Lipinski definition) is 5. The Balaban J connectivity index is 2.44. The maximum absolute atomic E-state index is 12.7. The van der Waals surface area contributed by atoms with E-state index in [4.69, 9.17) is 4.74 Å². The van der Waals surface area contributed by atoms with Crippen molar-refractivity contribution in [2.75, 3.05) is 6.61 Å². The largest absolute Gasteiger partial charge is 0.494 e. The molecular formula is C20H22N2O4. The third-order valence-corrected chi connectivity index (χ3v) is 4.28. The lowest BCUT2D eigenvalue weighted by atomic mass is 10.0. The highest BCUT2D eigenvalue weighted by molar-refractivity contribution is 6.01. The van der Waals surface area contributed by atoms with Crippen LogP contribution >= 0.6 is 0 Å². The number of nitrogens with zero attached hydrogens (tertiary/aromatic N) is 2.